The Morgan fingerprint density at radius 3 is 2.95 bits per heavy atom. The second-order valence-electron chi connectivity index (χ2n) is 5.47. The lowest BCUT2D eigenvalue weighted by molar-refractivity contribution is 0.610. The smallest absolute Gasteiger partial charge is 0.191 e. The van der Waals surface area contributed by atoms with Crippen molar-refractivity contribution in [2.45, 2.75) is 57.9 Å². The van der Waals surface area contributed by atoms with Gasteiger partial charge in [-0.15, -0.1) is 11.3 Å². The van der Waals surface area contributed by atoms with Gasteiger partial charge in [0.05, 0.1) is 0 Å². The first-order chi connectivity index (χ1) is 9.88. The van der Waals surface area contributed by atoms with Crippen LogP contribution in [-0.2, 0) is 6.42 Å². The molecule has 1 aliphatic rings. The van der Waals surface area contributed by atoms with Crippen LogP contribution in [0, 0.1) is 0 Å². The van der Waals surface area contributed by atoms with Crippen LogP contribution in [0.25, 0.3) is 0 Å². The van der Waals surface area contributed by atoms with E-state index in [9.17, 15) is 0 Å². The Morgan fingerprint density at radius 2 is 2.25 bits per heavy atom. The summed E-state index contributed by atoms with van der Waals surface area (Å²) in [6, 6.07) is 4.95. The lowest BCUT2D eigenvalue weighted by Gasteiger charge is -2.17. The molecule has 112 valence electrons. The van der Waals surface area contributed by atoms with E-state index < -0.39 is 0 Å². The molecule has 20 heavy (non-hydrogen) atoms. The molecule has 0 spiro atoms. The number of nitrogens with zero attached hydrogens (tertiary/aromatic N) is 1. The molecule has 0 amide bonds. The first kappa shape index (κ1) is 15.4. The molecule has 0 bridgehead atoms. The molecule has 1 aliphatic carbocycles. The summed E-state index contributed by atoms with van der Waals surface area (Å²) < 4.78 is 0. The lowest BCUT2D eigenvalue weighted by Crippen LogP contribution is -2.43. The van der Waals surface area contributed by atoms with Crippen molar-refractivity contribution < 1.29 is 0 Å². The van der Waals surface area contributed by atoms with E-state index in [-0.39, 0.29) is 0 Å². The van der Waals surface area contributed by atoms with Crippen LogP contribution in [0.1, 0.15) is 50.3 Å². The van der Waals surface area contributed by atoms with Crippen molar-refractivity contribution in [2.24, 2.45) is 4.99 Å². The first-order valence-corrected chi connectivity index (χ1v) is 8.83. The maximum atomic E-state index is 4.69. The summed E-state index contributed by atoms with van der Waals surface area (Å²) in [6.45, 7) is 4.10. The Morgan fingerprint density at radius 1 is 1.40 bits per heavy atom. The van der Waals surface area contributed by atoms with Crippen molar-refractivity contribution in [1.82, 2.24) is 10.6 Å². The highest BCUT2D eigenvalue weighted by molar-refractivity contribution is 7.09. The van der Waals surface area contributed by atoms with Crippen molar-refractivity contribution in [3.8, 4) is 0 Å². The minimum atomic E-state index is 0.629. The van der Waals surface area contributed by atoms with Gasteiger partial charge in [-0.1, -0.05) is 32.3 Å². The molecule has 1 heterocycles. The number of rotatable bonds is 7. The molecule has 1 aromatic rings. The van der Waals surface area contributed by atoms with Crippen molar-refractivity contribution in [2.75, 3.05) is 13.1 Å². The molecule has 0 unspecified atom stereocenters. The molecule has 4 heteroatoms. The normalized spacial score (nSPS) is 16.6. The predicted molar refractivity (Wildman–Crippen MR) is 88.6 cm³/mol. The molecule has 0 radical (unpaired) electrons. The molecule has 1 aromatic heterocycles. The Hall–Kier alpha value is -1.03. The molecular formula is C16H27N3S. The monoisotopic (exact) mass is 293 g/mol. The first-order valence-electron chi connectivity index (χ1n) is 7.95. The van der Waals surface area contributed by atoms with E-state index in [0.29, 0.717) is 6.04 Å². The van der Waals surface area contributed by atoms with E-state index in [1.54, 1.807) is 0 Å². The number of nitrogens with one attached hydrogen (secondary N) is 2. The van der Waals surface area contributed by atoms with Gasteiger partial charge in [-0.05, 0) is 37.1 Å². The third-order valence-corrected chi connectivity index (χ3v) is 4.66. The van der Waals surface area contributed by atoms with Crippen LogP contribution in [0.3, 0.4) is 0 Å². The summed E-state index contributed by atoms with van der Waals surface area (Å²) >= 11 is 1.83. The van der Waals surface area contributed by atoms with E-state index in [1.807, 2.05) is 11.3 Å². The standard InChI is InChI=1S/C16H27N3S/c1-2-3-11-17-16(19-14-7-4-5-8-14)18-12-10-15-9-6-13-20-15/h6,9,13-14H,2-5,7-8,10-12H2,1H3,(H2,17,18,19). The lowest BCUT2D eigenvalue weighted by atomic mass is 10.2. The average molecular weight is 293 g/mol. The van der Waals surface area contributed by atoms with Crippen LogP contribution in [0.4, 0.5) is 0 Å². The van der Waals surface area contributed by atoms with Gasteiger partial charge in [-0.3, -0.25) is 4.99 Å². The van der Waals surface area contributed by atoms with E-state index >= 15 is 0 Å². The van der Waals surface area contributed by atoms with E-state index in [0.717, 1.165) is 25.5 Å². The summed E-state index contributed by atoms with van der Waals surface area (Å²) in [5, 5.41) is 9.23. The fourth-order valence-corrected chi connectivity index (χ4v) is 3.23. The van der Waals surface area contributed by atoms with E-state index in [1.165, 1.54) is 43.4 Å². The Bertz CT molecular complexity index is 380. The number of guanidine groups is 1. The second-order valence-corrected chi connectivity index (χ2v) is 6.50. The van der Waals surface area contributed by atoms with Crippen molar-refractivity contribution >= 4 is 17.3 Å². The fourth-order valence-electron chi connectivity index (χ4n) is 2.52. The van der Waals surface area contributed by atoms with Gasteiger partial charge in [0.1, 0.15) is 0 Å². The minimum Gasteiger partial charge on any atom is -0.356 e. The molecule has 0 atom stereocenters. The Balaban J connectivity index is 1.76. The van der Waals surface area contributed by atoms with E-state index in [2.05, 4.69) is 35.1 Å². The number of hydrogen-bond acceptors (Lipinski definition) is 2. The molecule has 0 aliphatic heterocycles. The second kappa shape index (κ2) is 9.01. The highest BCUT2D eigenvalue weighted by Crippen LogP contribution is 2.17. The molecular weight excluding hydrogens is 266 g/mol. The van der Waals surface area contributed by atoms with Gasteiger partial charge < -0.3 is 10.6 Å². The van der Waals surface area contributed by atoms with Crippen LogP contribution in [0.2, 0.25) is 0 Å². The molecule has 0 aromatic carbocycles. The van der Waals surface area contributed by atoms with Crippen LogP contribution in [0.5, 0.6) is 0 Å². The van der Waals surface area contributed by atoms with Crippen LogP contribution >= 0.6 is 11.3 Å². The van der Waals surface area contributed by atoms with Crippen LogP contribution < -0.4 is 10.6 Å². The maximum absolute atomic E-state index is 4.69. The van der Waals surface area contributed by atoms with Gasteiger partial charge in [-0.2, -0.15) is 0 Å². The SMILES string of the molecule is CCCCN=C(NCCc1cccs1)NC1CCCC1. The minimum absolute atomic E-state index is 0.629. The topological polar surface area (TPSA) is 36.4 Å². The summed E-state index contributed by atoms with van der Waals surface area (Å²) in [5.74, 6) is 1.02. The zero-order valence-corrected chi connectivity index (χ0v) is 13.3. The zero-order valence-electron chi connectivity index (χ0n) is 12.5. The van der Waals surface area contributed by atoms with Gasteiger partial charge >= 0.3 is 0 Å². The van der Waals surface area contributed by atoms with Gasteiger partial charge in [-0.25, -0.2) is 0 Å². The summed E-state index contributed by atoms with van der Waals surface area (Å²) in [6.07, 6.45) is 8.75. The quantitative estimate of drug-likeness (QED) is 0.458. The average Bonchev–Trinajstić information content (AvgIpc) is 3.12. The van der Waals surface area contributed by atoms with Crippen molar-refractivity contribution in [3.05, 3.63) is 22.4 Å². The van der Waals surface area contributed by atoms with Crippen LogP contribution in [0.15, 0.2) is 22.5 Å². The van der Waals surface area contributed by atoms with Gasteiger partial charge in [0.2, 0.25) is 0 Å². The molecule has 1 fully saturated rings. The summed E-state index contributed by atoms with van der Waals surface area (Å²) in [5.41, 5.74) is 0. The van der Waals surface area contributed by atoms with E-state index in [4.69, 9.17) is 4.99 Å². The maximum Gasteiger partial charge on any atom is 0.191 e. The number of unbranched alkanes of at least 4 members (excludes halogenated alkanes) is 1. The Labute approximate surface area is 126 Å². The molecule has 1 saturated carbocycles. The third-order valence-electron chi connectivity index (χ3n) is 3.72. The van der Waals surface area contributed by atoms with Gasteiger partial charge in [0, 0.05) is 24.0 Å². The van der Waals surface area contributed by atoms with Crippen molar-refractivity contribution in [3.63, 3.8) is 0 Å². The molecule has 2 N–H and O–H groups in total. The molecule has 0 saturated heterocycles. The summed E-state index contributed by atoms with van der Waals surface area (Å²) in [4.78, 5) is 6.13. The van der Waals surface area contributed by atoms with Gasteiger partial charge in [0.25, 0.3) is 0 Å². The van der Waals surface area contributed by atoms with Crippen LogP contribution in [-0.4, -0.2) is 25.1 Å². The highest BCUT2D eigenvalue weighted by atomic mass is 32.1. The molecule has 2 rings (SSSR count). The largest absolute Gasteiger partial charge is 0.356 e. The number of aliphatic imine (C=N–C) groups is 1. The third kappa shape index (κ3) is 5.53. The van der Waals surface area contributed by atoms with Gasteiger partial charge in [0.15, 0.2) is 5.96 Å². The van der Waals surface area contributed by atoms with Crippen molar-refractivity contribution in [1.29, 1.82) is 0 Å². The number of hydrogen-bond donors (Lipinski definition) is 2. The number of thiophene rings is 1. The Kier molecular flexibility index (Phi) is 6.92. The predicted octanol–water partition coefficient (Wildman–Crippen LogP) is 3.57. The fraction of sp³-hybridized carbons (Fsp3) is 0.688. The highest BCUT2D eigenvalue weighted by Gasteiger charge is 2.15. The molecule has 3 nitrogen and oxygen atoms in total. The zero-order chi connectivity index (χ0) is 14.0. The summed E-state index contributed by atoms with van der Waals surface area (Å²) in [7, 11) is 0.